The summed E-state index contributed by atoms with van der Waals surface area (Å²) in [6.07, 6.45) is 3.61. The summed E-state index contributed by atoms with van der Waals surface area (Å²) in [5.41, 5.74) is 4.52. The highest BCUT2D eigenvalue weighted by Gasteiger charge is 2.39. The van der Waals surface area contributed by atoms with E-state index in [1.165, 1.54) is 5.56 Å². The Morgan fingerprint density at radius 1 is 0.875 bits per heavy atom. The summed E-state index contributed by atoms with van der Waals surface area (Å²) < 4.78 is 12.3. The molecule has 3 aromatic carbocycles. The van der Waals surface area contributed by atoms with Crippen LogP contribution in [-0.2, 0) is 24.5 Å². The Hall–Kier alpha value is -4.10. The second-order valence-corrected chi connectivity index (χ2v) is 10.9. The van der Waals surface area contributed by atoms with Gasteiger partial charge in [-0.05, 0) is 61.1 Å². The molecule has 0 spiro atoms. The molecule has 7 heteroatoms. The van der Waals surface area contributed by atoms with Crippen LogP contribution in [0.4, 0.5) is 0 Å². The highest BCUT2D eigenvalue weighted by molar-refractivity contribution is 6.02. The number of rotatable bonds is 8. The van der Waals surface area contributed by atoms with Gasteiger partial charge in [0.15, 0.2) is 0 Å². The Morgan fingerprint density at radius 2 is 1.62 bits per heavy atom. The minimum absolute atomic E-state index is 0.117. The number of piperidine rings is 2. The van der Waals surface area contributed by atoms with Crippen LogP contribution in [-0.4, -0.2) is 46.8 Å². The molecule has 1 atom stereocenters. The molecule has 3 aliphatic heterocycles. The Bertz CT molecular complexity index is 1380. The lowest BCUT2D eigenvalue weighted by Crippen LogP contribution is -2.49. The molecule has 0 aliphatic carbocycles. The van der Waals surface area contributed by atoms with Gasteiger partial charge in [0.2, 0.25) is 5.91 Å². The van der Waals surface area contributed by atoms with Crippen molar-refractivity contribution in [3.8, 4) is 11.5 Å². The maximum Gasteiger partial charge on any atom is 0.255 e. The number of likely N-dealkylation sites (tertiary alicyclic amines) is 1. The van der Waals surface area contributed by atoms with Gasteiger partial charge in [-0.25, -0.2) is 0 Å². The van der Waals surface area contributed by atoms with Crippen LogP contribution in [0.5, 0.6) is 11.5 Å². The first-order chi connectivity index (χ1) is 19.5. The Labute approximate surface area is 235 Å². The zero-order valence-corrected chi connectivity index (χ0v) is 22.7. The van der Waals surface area contributed by atoms with E-state index in [2.05, 4.69) is 41.1 Å². The van der Waals surface area contributed by atoms with E-state index in [-0.39, 0.29) is 17.9 Å². The third-order valence-corrected chi connectivity index (χ3v) is 8.06. The number of nitrogens with zero attached hydrogens (tertiary/aromatic N) is 2. The third kappa shape index (κ3) is 5.75. The molecule has 6 rings (SSSR count). The second-order valence-electron chi connectivity index (χ2n) is 10.9. The van der Waals surface area contributed by atoms with Crippen LogP contribution in [0.15, 0.2) is 85.1 Å². The van der Waals surface area contributed by atoms with Crippen LogP contribution in [0.25, 0.3) is 0 Å². The molecule has 7 nitrogen and oxygen atoms in total. The average Bonchev–Trinajstić information content (AvgIpc) is 3.31. The van der Waals surface area contributed by atoms with Gasteiger partial charge in [0, 0.05) is 36.5 Å². The molecule has 0 radical (unpaired) electrons. The lowest BCUT2D eigenvalue weighted by atomic mass is 10.0. The summed E-state index contributed by atoms with van der Waals surface area (Å²) in [6.45, 7) is 7.60. The van der Waals surface area contributed by atoms with Crippen molar-refractivity contribution >= 4 is 11.8 Å². The van der Waals surface area contributed by atoms with Crippen molar-refractivity contribution in [2.24, 2.45) is 0 Å². The third-order valence-electron chi connectivity index (χ3n) is 8.06. The fourth-order valence-corrected chi connectivity index (χ4v) is 5.81. The van der Waals surface area contributed by atoms with Gasteiger partial charge in [0.1, 0.15) is 30.3 Å². The lowest BCUT2D eigenvalue weighted by molar-refractivity contribution is -0.126. The van der Waals surface area contributed by atoms with E-state index in [1.807, 2.05) is 48.5 Å². The number of hydrogen-bond acceptors (Lipinski definition) is 5. The highest BCUT2D eigenvalue weighted by Crippen LogP contribution is 2.34. The monoisotopic (exact) mass is 537 g/mol. The minimum atomic E-state index is -0.479. The second kappa shape index (κ2) is 11.6. The fourth-order valence-electron chi connectivity index (χ4n) is 5.81. The smallest absolute Gasteiger partial charge is 0.255 e. The molecule has 2 fully saturated rings. The lowest BCUT2D eigenvalue weighted by Gasteiger charge is -2.32. The quantitative estimate of drug-likeness (QED) is 0.435. The van der Waals surface area contributed by atoms with E-state index in [0.717, 1.165) is 49.4 Å². The molecule has 206 valence electrons. The van der Waals surface area contributed by atoms with Gasteiger partial charge < -0.3 is 19.7 Å². The van der Waals surface area contributed by atoms with Crippen molar-refractivity contribution in [2.45, 2.75) is 57.5 Å². The maximum atomic E-state index is 13.1. The van der Waals surface area contributed by atoms with Gasteiger partial charge in [-0.1, -0.05) is 55.1 Å². The largest absolute Gasteiger partial charge is 0.490 e. The molecular weight excluding hydrogens is 502 g/mol. The molecule has 0 bridgehead atoms. The van der Waals surface area contributed by atoms with Crippen molar-refractivity contribution in [1.29, 1.82) is 0 Å². The van der Waals surface area contributed by atoms with Gasteiger partial charge in [0.25, 0.3) is 5.91 Å². The summed E-state index contributed by atoms with van der Waals surface area (Å²) in [6, 6.07) is 23.7. The SMILES string of the molecule is C=C1CCC(N2Cc3c(OCc4ccc(CN5CCC(Oc6ccccc6)CC5)cc4)cccc3C2=O)C(=O)N1. The molecule has 3 aromatic rings. The molecule has 2 saturated heterocycles. The first kappa shape index (κ1) is 26.1. The first-order valence-corrected chi connectivity index (χ1v) is 14.1. The van der Waals surface area contributed by atoms with E-state index in [4.69, 9.17) is 9.47 Å². The number of fused-ring (bicyclic) bond motifs is 1. The number of nitrogens with one attached hydrogen (secondary N) is 1. The molecule has 3 aliphatic rings. The summed E-state index contributed by atoms with van der Waals surface area (Å²) >= 11 is 0. The zero-order chi connectivity index (χ0) is 27.5. The summed E-state index contributed by atoms with van der Waals surface area (Å²) in [5, 5.41) is 2.79. The van der Waals surface area contributed by atoms with Crippen molar-refractivity contribution in [3.63, 3.8) is 0 Å². The Morgan fingerprint density at radius 3 is 2.38 bits per heavy atom. The van der Waals surface area contributed by atoms with Crippen molar-refractivity contribution in [1.82, 2.24) is 15.1 Å². The summed E-state index contributed by atoms with van der Waals surface area (Å²) in [5.74, 6) is 1.36. The predicted molar refractivity (Wildman–Crippen MR) is 153 cm³/mol. The number of para-hydroxylation sites is 1. The molecule has 1 unspecified atom stereocenters. The normalized spacial score (nSPS) is 19.9. The van der Waals surface area contributed by atoms with E-state index in [9.17, 15) is 9.59 Å². The van der Waals surface area contributed by atoms with Crippen LogP contribution in [0.1, 0.15) is 52.7 Å². The predicted octanol–water partition coefficient (Wildman–Crippen LogP) is 5.06. The van der Waals surface area contributed by atoms with Crippen LogP contribution in [0, 0.1) is 0 Å². The number of hydrogen-bond donors (Lipinski definition) is 1. The maximum absolute atomic E-state index is 13.1. The number of ether oxygens (including phenoxy) is 2. The molecule has 3 heterocycles. The van der Waals surface area contributed by atoms with Gasteiger partial charge in [-0.15, -0.1) is 0 Å². The molecule has 40 heavy (non-hydrogen) atoms. The average molecular weight is 538 g/mol. The van der Waals surface area contributed by atoms with Gasteiger partial charge >= 0.3 is 0 Å². The molecule has 0 saturated carbocycles. The standard InChI is InChI=1S/C33H35N3O4/c1-23-10-15-30(32(37)34-23)36-21-29-28(33(36)38)8-5-9-31(29)39-22-25-13-11-24(12-14-25)20-35-18-16-27(17-19-35)40-26-6-3-2-4-7-26/h2-9,11-14,27,30H,1,10,15-22H2,(H,34,37). The fraction of sp³-hybridized carbons (Fsp3) is 0.333. The van der Waals surface area contributed by atoms with Crippen molar-refractivity contribution in [3.05, 3.63) is 107 Å². The van der Waals surface area contributed by atoms with E-state index < -0.39 is 6.04 Å². The molecule has 0 aromatic heterocycles. The van der Waals surface area contributed by atoms with Crippen molar-refractivity contribution in [2.75, 3.05) is 13.1 Å². The Kier molecular flexibility index (Phi) is 7.55. The number of benzene rings is 3. The van der Waals surface area contributed by atoms with E-state index in [0.29, 0.717) is 43.0 Å². The van der Waals surface area contributed by atoms with Crippen LogP contribution < -0.4 is 14.8 Å². The Balaban J connectivity index is 1.01. The number of carbonyl (C=O) groups excluding carboxylic acids is 2. The van der Waals surface area contributed by atoms with Crippen LogP contribution in [0.3, 0.4) is 0 Å². The van der Waals surface area contributed by atoms with E-state index in [1.54, 1.807) is 4.90 Å². The van der Waals surface area contributed by atoms with Gasteiger partial charge in [0.05, 0.1) is 6.54 Å². The number of amides is 2. The van der Waals surface area contributed by atoms with Crippen molar-refractivity contribution < 1.29 is 19.1 Å². The minimum Gasteiger partial charge on any atom is -0.490 e. The summed E-state index contributed by atoms with van der Waals surface area (Å²) in [7, 11) is 0. The van der Waals surface area contributed by atoms with E-state index >= 15 is 0 Å². The number of allylic oxidation sites excluding steroid dienone is 1. The highest BCUT2D eigenvalue weighted by atomic mass is 16.5. The number of carbonyl (C=O) groups is 2. The van der Waals surface area contributed by atoms with Crippen LogP contribution >= 0.6 is 0 Å². The molecule has 1 N–H and O–H groups in total. The first-order valence-electron chi connectivity index (χ1n) is 14.1. The summed E-state index contributed by atoms with van der Waals surface area (Å²) in [4.78, 5) is 29.8. The zero-order valence-electron chi connectivity index (χ0n) is 22.7. The molecule has 2 amide bonds. The van der Waals surface area contributed by atoms with Crippen LogP contribution in [0.2, 0.25) is 0 Å². The van der Waals surface area contributed by atoms with Gasteiger partial charge in [-0.2, -0.15) is 0 Å². The molecular formula is C33H35N3O4. The van der Waals surface area contributed by atoms with Gasteiger partial charge in [-0.3, -0.25) is 14.5 Å². The topological polar surface area (TPSA) is 71.1 Å².